The zero-order valence-electron chi connectivity index (χ0n) is 11.1. The molecule has 6 heteroatoms. The lowest BCUT2D eigenvalue weighted by atomic mass is 10.1. The van der Waals surface area contributed by atoms with Gasteiger partial charge in [0.1, 0.15) is 5.76 Å². The lowest BCUT2D eigenvalue weighted by molar-refractivity contribution is 0.220. The van der Waals surface area contributed by atoms with E-state index >= 15 is 0 Å². The van der Waals surface area contributed by atoms with E-state index in [1.807, 2.05) is 13.8 Å². The number of nitrogens with zero attached hydrogens (tertiary/aromatic N) is 1. The molecule has 0 saturated heterocycles. The van der Waals surface area contributed by atoms with Gasteiger partial charge >= 0.3 is 6.03 Å². The highest BCUT2D eigenvalue weighted by atomic mass is 16.5. The van der Waals surface area contributed by atoms with E-state index in [2.05, 4.69) is 15.8 Å². The van der Waals surface area contributed by atoms with Gasteiger partial charge in [-0.3, -0.25) is 0 Å². The van der Waals surface area contributed by atoms with Gasteiger partial charge in [0.05, 0.1) is 18.3 Å². The lowest BCUT2D eigenvalue weighted by Crippen LogP contribution is -2.42. The summed E-state index contributed by atoms with van der Waals surface area (Å²) in [6.07, 6.45) is 1.52. The SMILES string of the molecule is CCc1noc(CC)c1CNC(=O)NC(C)CO. The normalized spacial score (nSPS) is 12.2. The molecule has 1 atom stereocenters. The molecule has 1 aromatic rings. The lowest BCUT2D eigenvalue weighted by Gasteiger charge is -2.12. The van der Waals surface area contributed by atoms with Crippen LogP contribution in [0.2, 0.25) is 0 Å². The second kappa shape index (κ2) is 7.00. The molecular weight excluding hydrogens is 234 g/mol. The smallest absolute Gasteiger partial charge is 0.315 e. The summed E-state index contributed by atoms with van der Waals surface area (Å²) in [4.78, 5) is 11.5. The second-order valence-electron chi connectivity index (χ2n) is 4.15. The van der Waals surface area contributed by atoms with E-state index in [0.29, 0.717) is 6.54 Å². The Morgan fingerprint density at radius 1 is 1.44 bits per heavy atom. The van der Waals surface area contributed by atoms with Crippen molar-refractivity contribution in [2.24, 2.45) is 0 Å². The molecule has 3 N–H and O–H groups in total. The number of aromatic nitrogens is 1. The number of rotatable bonds is 6. The van der Waals surface area contributed by atoms with E-state index in [9.17, 15) is 4.79 Å². The monoisotopic (exact) mass is 255 g/mol. The molecule has 0 aliphatic heterocycles. The Morgan fingerprint density at radius 3 is 2.72 bits per heavy atom. The number of amides is 2. The Labute approximate surface area is 107 Å². The summed E-state index contributed by atoms with van der Waals surface area (Å²) in [6.45, 7) is 6.01. The molecule has 0 aromatic carbocycles. The van der Waals surface area contributed by atoms with Crippen LogP contribution in [0.15, 0.2) is 4.52 Å². The van der Waals surface area contributed by atoms with Gasteiger partial charge in [0.15, 0.2) is 0 Å². The number of hydrogen-bond acceptors (Lipinski definition) is 4. The van der Waals surface area contributed by atoms with Crippen molar-refractivity contribution in [3.8, 4) is 0 Å². The fourth-order valence-electron chi connectivity index (χ4n) is 1.63. The topological polar surface area (TPSA) is 87.4 Å². The van der Waals surface area contributed by atoms with Crippen LogP contribution >= 0.6 is 0 Å². The molecule has 0 radical (unpaired) electrons. The van der Waals surface area contributed by atoms with Crippen molar-refractivity contribution in [1.82, 2.24) is 15.8 Å². The highest BCUT2D eigenvalue weighted by Crippen LogP contribution is 2.15. The Kier molecular flexibility index (Phi) is 5.64. The third kappa shape index (κ3) is 3.73. The number of nitrogens with one attached hydrogen (secondary N) is 2. The molecule has 0 saturated carbocycles. The fraction of sp³-hybridized carbons (Fsp3) is 0.667. The minimum absolute atomic E-state index is 0.0822. The average Bonchev–Trinajstić information content (AvgIpc) is 2.77. The first-order chi connectivity index (χ1) is 8.62. The Bertz CT molecular complexity index is 368. The first kappa shape index (κ1) is 14.5. The second-order valence-corrected chi connectivity index (χ2v) is 4.15. The van der Waals surface area contributed by atoms with Crippen molar-refractivity contribution < 1.29 is 14.4 Å². The highest BCUT2D eigenvalue weighted by Gasteiger charge is 2.14. The van der Waals surface area contributed by atoms with Gasteiger partial charge in [-0.05, 0) is 13.3 Å². The number of carbonyl (C=O) groups is 1. The van der Waals surface area contributed by atoms with Crippen molar-refractivity contribution in [3.05, 3.63) is 17.0 Å². The number of carbonyl (C=O) groups excluding carboxylic acids is 1. The van der Waals surface area contributed by atoms with Gasteiger partial charge < -0.3 is 20.3 Å². The summed E-state index contributed by atoms with van der Waals surface area (Å²) in [7, 11) is 0. The van der Waals surface area contributed by atoms with Crippen LogP contribution < -0.4 is 10.6 Å². The molecule has 0 aliphatic carbocycles. The summed E-state index contributed by atoms with van der Waals surface area (Å²) in [6, 6.07) is -0.564. The van der Waals surface area contributed by atoms with Crippen LogP contribution in [-0.2, 0) is 19.4 Å². The van der Waals surface area contributed by atoms with Gasteiger partial charge in [-0.1, -0.05) is 19.0 Å². The van der Waals surface area contributed by atoms with E-state index in [-0.39, 0.29) is 18.7 Å². The molecule has 2 amide bonds. The number of aryl methyl sites for hydroxylation is 2. The summed E-state index contributed by atoms with van der Waals surface area (Å²) < 4.78 is 5.21. The molecule has 6 nitrogen and oxygen atoms in total. The maximum atomic E-state index is 11.5. The molecule has 1 heterocycles. The predicted octanol–water partition coefficient (Wildman–Crippen LogP) is 0.979. The van der Waals surface area contributed by atoms with Crippen molar-refractivity contribution >= 4 is 6.03 Å². The predicted molar refractivity (Wildman–Crippen MR) is 67.2 cm³/mol. The van der Waals surface area contributed by atoms with Crippen molar-refractivity contribution in [1.29, 1.82) is 0 Å². The first-order valence-corrected chi connectivity index (χ1v) is 6.23. The van der Waals surface area contributed by atoms with Crippen LogP contribution in [0.4, 0.5) is 4.79 Å². The van der Waals surface area contributed by atoms with E-state index in [0.717, 1.165) is 29.9 Å². The molecule has 1 aromatic heterocycles. The minimum Gasteiger partial charge on any atom is -0.394 e. The van der Waals surface area contributed by atoms with Gasteiger partial charge in [0.2, 0.25) is 0 Å². The molecule has 1 rings (SSSR count). The summed E-state index contributed by atoms with van der Waals surface area (Å²) in [5, 5.41) is 18.2. The molecule has 0 aliphatic rings. The Hall–Kier alpha value is -1.56. The van der Waals surface area contributed by atoms with Crippen LogP contribution in [0.1, 0.15) is 37.8 Å². The van der Waals surface area contributed by atoms with Crippen molar-refractivity contribution in [2.75, 3.05) is 6.61 Å². The van der Waals surface area contributed by atoms with Crippen LogP contribution in [-0.4, -0.2) is 28.9 Å². The summed E-state index contributed by atoms with van der Waals surface area (Å²) in [5.74, 6) is 0.808. The summed E-state index contributed by atoms with van der Waals surface area (Å²) >= 11 is 0. The van der Waals surface area contributed by atoms with E-state index in [1.165, 1.54) is 0 Å². The Morgan fingerprint density at radius 2 is 2.17 bits per heavy atom. The number of hydrogen-bond donors (Lipinski definition) is 3. The van der Waals surface area contributed by atoms with Gasteiger partial charge in [-0.15, -0.1) is 0 Å². The number of aliphatic hydroxyl groups excluding tert-OH is 1. The van der Waals surface area contributed by atoms with Gasteiger partial charge in [0.25, 0.3) is 0 Å². The fourth-order valence-corrected chi connectivity index (χ4v) is 1.63. The third-order valence-corrected chi connectivity index (χ3v) is 2.68. The zero-order chi connectivity index (χ0) is 13.5. The van der Waals surface area contributed by atoms with Gasteiger partial charge in [-0.25, -0.2) is 4.79 Å². The van der Waals surface area contributed by atoms with Crippen LogP contribution in [0.25, 0.3) is 0 Å². The highest BCUT2D eigenvalue weighted by molar-refractivity contribution is 5.74. The van der Waals surface area contributed by atoms with Gasteiger partial charge in [0, 0.05) is 18.5 Å². The number of aliphatic hydroxyl groups is 1. The molecule has 18 heavy (non-hydrogen) atoms. The minimum atomic E-state index is -0.304. The van der Waals surface area contributed by atoms with Crippen LogP contribution in [0, 0.1) is 0 Å². The Balaban J connectivity index is 2.57. The van der Waals surface area contributed by atoms with E-state index < -0.39 is 0 Å². The maximum absolute atomic E-state index is 11.5. The van der Waals surface area contributed by atoms with E-state index in [4.69, 9.17) is 9.63 Å². The average molecular weight is 255 g/mol. The molecule has 0 bridgehead atoms. The van der Waals surface area contributed by atoms with Crippen LogP contribution in [0.3, 0.4) is 0 Å². The quantitative estimate of drug-likeness (QED) is 0.707. The molecule has 0 spiro atoms. The van der Waals surface area contributed by atoms with Crippen molar-refractivity contribution in [3.63, 3.8) is 0 Å². The molecule has 0 fully saturated rings. The first-order valence-electron chi connectivity index (χ1n) is 6.23. The summed E-state index contributed by atoms with van der Waals surface area (Å²) in [5.41, 5.74) is 1.83. The zero-order valence-corrected chi connectivity index (χ0v) is 11.1. The van der Waals surface area contributed by atoms with Crippen molar-refractivity contribution in [2.45, 2.75) is 46.2 Å². The molecule has 102 valence electrons. The van der Waals surface area contributed by atoms with Gasteiger partial charge in [-0.2, -0.15) is 0 Å². The van der Waals surface area contributed by atoms with E-state index in [1.54, 1.807) is 6.92 Å². The molecular formula is C12H21N3O3. The van der Waals surface area contributed by atoms with Crippen LogP contribution in [0.5, 0.6) is 0 Å². The third-order valence-electron chi connectivity index (χ3n) is 2.68. The molecule has 1 unspecified atom stereocenters. The standard InChI is InChI=1S/C12H21N3O3/c1-4-10-9(11(5-2)18-15-10)6-13-12(17)14-8(3)7-16/h8,16H,4-7H2,1-3H3,(H2,13,14,17). The number of urea groups is 1. The largest absolute Gasteiger partial charge is 0.394 e. The maximum Gasteiger partial charge on any atom is 0.315 e.